The number of ether oxygens (including phenoxy) is 1. The number of rotatable bonds is 11. The van der Waals surface area contributed by atoms with E-state index in [1.165, 1.54) is 0 Å². The molecule has 174 valence electrons. The second-order valence-electron chi connectivity index (χ2n) is 8.45. The van der Waals surface area contributed by atoms with Crippen LogP contribution < -0.4 is 0 Å². The number of aryl methyl sites for hydroxylation is 1. The lowest BCUT2D eigenvalue weighted by atomic mass is 10.1. The van der Waals surface area contributed by atoms with Crippen LogP contribution in [0.3, 0.4) is 0 Å². The third-order valence-electron chi connectivity index (χ3n) is 5.47. The van der Waals surface area contributed by atoms with Gasteiger partial charge >= 0.3 is 0 Å². The molecule has 5 heteroatoms. The molecule has 3 aromatic carbocycles. The first-order chi connectivity index (χ1) is 15.9. The summed E-state index contributed by atoms with van der Waals surface area (Å²) in [5, 5.41) is 0. The molecule has 0 saturated heterocycles. The first kappa shape index (κ1) is 24.9. The number of sulfonamides is 1. The van der Waals surface area contributed by atoms with Crippen LogP contribution in [0, 0.1) is 12.8 Å². The van der Waals surface area contributed by atoms with E-state index in [9.17, 15) is 8.42 Å². The fourth-order valence-electron chi connectivity index (χ4n) is 3.50. The Kier molecular flexibility index (Phi) is 9.01. The second-order valence-corrected chi connectivity index (χ2v) is 10.3. The molecule has 2 atom stereocenters. The summed E-state index contributed by atoms with van der Waals surface area (Å²) in [7, 11) is -3.67. The Morgan fingerprint density at radius 2 is 1.39 bits per heavy atom. The van der Waals surface area contributed by atoms with Gasteiger partial charge in [-0.25, -0.2) is 8.42 Å². The van der Waals surface area contributed by atoms with Gasteiger partial charge in [0.2, 0.25) is 10.0 Å². The van der Waals surface area contributed by atoms with E-state index in [1.54, 1.807) is 16.4 Å². The number of hydrogen-bond donors (Lipinski definition) is 0. The van der Waals surface area contributed by atoms with Gasteiger partial charge in [0, 0.05) is 12.6 Å². The maximum Gasteiger partial charge on any atom is 0.243 e. The highest BCUT2D eigenvalue weighted by Gasteiger charge is 2.28. The summed E-state index contributed by atoms with van der Waals surface area (Å²) < 4.78 is 34.5. The number of hydrogen-bond acceptors (Lipinski definition) is 3. The summed E-state index contributed by atoms with van der Waals surface area (Å²) in [5.41, 5.74) is 3.12. The molecule has 3 aromatic rings. The van der Waals surface area contributed by atoms with Crippen LogP contribution in [0.4, 0.5) is 0 Å². The standard InChI is InChI=1S/C28H33NO3S/c1-23-15-18-28(19-16-23)33(30,31)29(20-26-10-6-4-7-11-26)25(3)17-14-24(2)21-32-22-27-12-8-5-9-13-27/h4-19,24-25H,20-22H2,1-3H3/b17-14+/t24-,25+/m1/s1. The molecule has 0 unspecified atom stereocenters. The molecule has 0 N–H and O–H groups in total. The van der Waals surface area contributed by atoms with Gasteiger partial charge in [0.1, 0.15) is 0 Å². The zero-order valence-electron chi connectivity index (χ0n) is 19.6. The van der Waals surface area contributed by atoms with Gasteiger partial charge in [-0.2, -0.15) is 4.31 Å². The molecule has 4 nitrogen and oxygen atoms in total. The van der Waals surface area contributed by atoms with Gasteiger partial charge < -0.3 is 4.74 Å². The van der Waals surface area contributed by atoms with Gasteiger partial charge in [0.05, 0.1) is 18.1 Å². The van der Waals surface area contributed by atoms with E-state index in [4.69, 9.17) is 4.74 Å². The highest BCUT2D eigenvalue weighted by atomic mass is 32.2. The lowest BCUT2D eigenvalue weighted by molar-refractivity contribution is 0.104. The van der Waals surface area contributed by atoms with Crippen LogP contribution in [-0.4, -0.2) is 25.4 Å². The Balaban J connectivity index is 1.71. The minimum atomic E-state index is -3.67. The fourth-order valence-corrected chi connectivity index (χ4v) is 5.07. The molecule has 33 heavy (non-hydrogen) atoms. The number of nitrogens with zero attached hydrogens (tertiary/aromatic N) is 1. The minimum absolute atomic E-state index is 0.164. The Labute approximate surface area is 198 Å². The third-order valence-corrected chi connectivity index (χ3v) is 7.42. The molecule has 0 aromatic heterocycles. The summed E-state index contributed by atoms with van der Waals surface area (Å²) in [5.74, 6) is 0.164. The van der Waals surface area contributed by atoms with E-state index in [0.29, 0.717) is 24.7 Å². The van der Waals surface area contributed by atoms with E-state index in [-0.39, 0.29) is 12.0 Å². The van der Waals surface area contributed by atoms with Crippen LogP contribution in [0.5, 0.6) is 0 Å². The predicted octanol–water partition coefficient (Wildman–Crippen LogP) is 5.98. The van der Waals surface area contributed by atoms with Gasteiger partial charge in [-0.15, -0.1) is 0 Å². The minimum Gasteiger partial charge on any atom is -0.376 e. The Morgan fingerprint density at radius 3 is 2.00 bits per heavy atom. The molecule has 3 rings (SSSR count). The third kappa shape index (κ3) is 7.39. The quantitative estimate of drug-likeness (QED) is 0.329. The molecular weight excluding hydrogens is 430 g/mol. The molecule has 0 radical (unpaired) electrons. The maximum atomic E-state index is 13.5. The van der Waals surface area contributed by atoms with Crippen LogP contribution in [0.25, 0.3) is 0 Å². The van der Waals surface area contributed by atoms with Crippen molar-refractivity contribution < 1.29 is 13.2 Å². The van der Waals surface area contributed by atoms with Crippen molar-refractivity contribution in [2.24, 2.45) is 5.92 Å². The van der Waals surface area contributed by atoms with Crippen molar-refractivity contribution >= 4 is 10.0 Å². The van der Waals surface area contributed by atoms with Gasteiger partial charge in [0.25, 0.3) is 0 Å². The van der Waals surface area contributed by atoms with Crippen LogP contribution >= 0.6 is 0 Å². The average molecular weight is 464 g/mol. The first-order valence-electron chi connectivity index (χ1n) is 11.3. The first-order valence-corrected chi connectivity index (χ1v) is 12.7. The van der Waals surface area contributed by atoms with Crippen molar-refractivity contribution in [1.82, 2.24) is 4.31 Å². The molecule has 0 spiro atoms. The molecule has 0 fully saturated rings. The normalized spacial score (nSPS) is 13.9. The summed E-state index contributed by atoms with van der Waals surface area (Å²) in [4.78, 5) is 0.309. The molecule has 0 aliphatic heterocycles. The lowest BCUT2D eigenvalue weighted by Gasteiger charge is -2.27. The van der Waals surface area contributed by atoms with E-state index in [1.807, 2.05) is 98.8 Å². The second kappa shape index (κ2) is 11.9. The van der Waals surface area contributed by atoms with Crippen molar-refractivity contribution in [3.8, 4) is 0 Å². The van der Waals surface area contributed by atoms with Crippen LogP contribution in [0.1, 0.15) is 30.5 Å². The van der Waals surface area contributed by atoms with Crippen molar-refractivity contribution in [1.29, 1.82) is 0 Å². The molecule has 0 aliphatic carbocycles. The highest BCUT2D eigenvalue weighted by Crippen LogP contribution is 2.22. The zero-order valence-corrected chi connectivity index (χ0v) is 20.4. The van der Waals surface area contributed by atoms with Crippen molar-refractivity contribution in [3.63, 3.8) is 0 Å². The Morgan fingerprint density at radius 1 is 0.818 bits per heavy atom. The molecular formula is C28H33NO3S. The number of benzene rings is 3. The molecule has 0 amide bonds. The van der Waals surface area contributed by atoms with Gasteiger partial charge in [-0.1, -0.05) is 97.4 Å². The fraction of sp³-hybridized carbons (Fsp3) is 0.286. The highest BCUT2D eigenvalue weighted by molar-refractivity contribution is 7.89. The van der Waals surface area contributed by atoms with E-state index in [2.05, 4.69) is 6.92 Å². The molecule has 0 saturated carbocycles. The summed E-state index contributed by atoms with van der Waals surface area (Å²) in [6, 6.07) is 26.5. The van der Waals surface area contributed by atoms with Crippen LogP contribution in [0.15, 0.2) is 102 Å². The van der Waals surface area contributed by atoms with E-state index >= 15 is 0 Å². The van der Waals surface area contributed by atoms with Gasteiger partial charge in [-0.3, -0.25) is 0 Å². The van der Waals surface area contributed by atoms with E-state index < -0.39 is 10.0 Å². The predicted molar refractivity (Wildman–Crippen MR) is 134 cm³/mol. The van der Waals surface area contributed by atoms with Crippen LogP contribution in [0.2, 0.25) is 0 Å². The Hall–Kier alpha value is -2.73. The summed E-state index contributed by atoms with van der Waals surface area (Å²) >= 11 is 0. The zero-order chi connectivity index (χ0) is 23.7. The summed E-state index contributed by atoms with van der Waals surface area (Å²) in [6.45, 7) is 7.39. The molecule has 0 aliphatic rings. The Bertz CT molecular complexity index is 1110. The molecule has 0 bridgehead atoms. The smallest absolute Gasteiger partial charge is 0.243 e. The van der Waals surface area contributed by atoms with Gasteiger partial charge in [0.15, 0.2) is 0 Å². The van der Waals surface area contributed by atoms with Crippen molar-refractivity contribution in [2.45, 2.75) is 44.9 Å². The topological polar surface area (TPSA) is 46.6 Å². The van der Waals surface area contributed by atoms with Gasteiger partial charge in [-0.05, 0) is 43.0 Å². The van der Waals surface area contributed by atoms with Crippen molar-refractivity contribution in [2.75, 3.05) is 6.61 Å². The molecule has 0 heterocycles. The van der Waals surface area contributed by atoms with E-state index in [0.717, 1.165) is 16.7 Å². The maximum absolute atomic E-state index is 13.5. The summed E-state index contributed by atoms with van der Waals surface area (Å²) in [6.07, 6.45) is 4.00. The average Bonchev–Trinajstić information content (AvgIpc) is 2.82. The van der Waals surface area contributed by atoms with Crippen LogP contribution in [-0.2, 0) is 27.9 Å². The van der Waals surface area contributed by atoms with Crippen molar-refractivity contribution in [3.05, 3.63) is 114 Å². The lowest BCUT2D eigenvalue weighted by Crippen LogP contribution is -2.37. The largest absolute Gasteiger partial charge is 0.376 e. The SMILES string of the molecule is Cc1ccc(S(=O)(=O)N(Cc2ccccc2)[C@@H](C)/C=C/[C@@H](C)COCc2ccccc2)cc1. The monoisotopic (exact) mass is 463 g/mol.